The van der Waals surface area contributed by atoms with E-state index in [0.29, 0.717) is 11.6 Å². The van der Waals surface area contributed by atoms with Crippen molar-refractivity contribution in [3.63, 3.8) is 0 Å². The molecule has 5 heterocycles. The molecule has 1 aliphatic heterocycles. The molecule has 30 heavy (non-hydrogen) atoms. The molecule has 0 bridgehead atoms. The van der Waals surface area contributed by atoms with Gasteiger partial charge in [-0.25, -0.2) is 19.9 Å². The van der Waals surface area contributed by atoms with Crippen molar-refractivity contribution in [1.29, 1.82) is 5.26 Å². The molecule has 0 radical (unpaired) electrons. The van der Waals surface area contributed by atoms with Gasteiger partial charge in [-0.1, -0.05) is 0 Å². The van der Waals surface area contributed by atoms with E-state index in [1.807, 2.05) is 12.1 Å². The molecule has 1 saturated heterocycles. The van der Waals surface area contributed by atoms with Crippen molar-refractivity contribution in [2.24, 2.45) is 0 Å². The lowest BCUT2D eigenvalue weighted by molar-refractivity contribution is 0.240. The van der Waals surface area contributed by atoms with E-state index < -0.39 is 0 Å². The molecular weight excluding hydrogens is 396 g/mol. The Morgan fingerprint density at radius 1 is 1.27 bits per heavy atom. The van der Waals surface area contributed by atoms with Crippen molar-refractivity contribution in [3.05, 3.63) is 64.9 Å². The quantitative estimate of drug-likeness (QED) is 0.528. The van der Waals surface area contributed by atoms with E-state index in [1.165, 1.54) is 5.69 Å². The topological polar surface area (TPSA) is 95.0 Å². The molecule has 0 unspecified atom stereocenters. The lowest BCUT2D eigenvalue weighted by Crippen LogP contribution is -2.24. The smallest absolute Gasteiger partial charge is 0.227 e. The highest BCUT2D eigenvalue weighted by atomic mass is 32.1. The van der Waals surface area contributed by atoms with Crippen LogP contribution in [0, 0.1) is 18.3 Å². The number of rotatable bonds is 5. The lowest BCUT2D eigenvalue weighted by atomic mass is 10.1. The summed E-state index contributed by atoms with van der Waals surface area (Å²) in [7, 11) is 0. The molecule has 0 amide bonds. The first-order valence-electron chi connectivity index (χ1n) is 9.82. The fourth-order valence-electron chi connectivity index (χ4n) is 3.96. The van der Waals surface area contributed by atoms with Crippen LogP contribution < -0.4 is 5.32 Å². The largest absolute Gasteiger partial charge is 0.323 e. The molecule has 150 valence electrons. The first kappa shape index (κ1) is 18.7. The molecule has 0 spiro atoms. The van der Waals surface area contributed by atoms with Crippen LogP contribution in [0.15, 0.2) is 42.2 Å². The van der Waals surface area contributed by atoms with Crippen molar-refractivity contribution < 1.29 is 0 Å². The van der Waals surface area contributed by atoms with E-state index in [-0.39, 0.29) is 6.04 Å². The van der Waals surface area contributed by atoms with Gasteiger partial charge in [0.25, 0.3) is 0 Å². The Morgan fingerprint density at radius 2 is 2.20 bits per heavy atom. The van der Waals surface area contributed by atoms with Crippen molar-refractivity contribution >= 4 is 27.9 Å². The second-order valence-corrected chi connectivity index (χ2v) is 8.18. The monoisotopic (exact) mass is 416 g/mol. The summed E-state index contributed by atoms with van der Waals surface area (Å²) in [4.78, 5) is 21.4. The van der Waals surface area contributed by atoms with E-state index in [1.54, 1.807) is 35.9 Å². The third kappa shape index (κ3) is 3.51. The molecule has 1 aliphatic rings. The number of aryl methyl sites for hydroxylation is 1. The number of imidazole rings is 1. The van der Waals surface area contributed by atoms with Crippen LogP contribution in [0.3, 0.4) is 0 Å². The van der Waals surface area contributed by atoms with Gasteiger partial charge in [0.05, 0.1) is 35.0 Å². The number of hydrogen-bond donors (Lipinski definition) is 1. The molecule has 9 heteroatoms. The maximum Gasteiger partial charge on any atom is 0.227 e. The minimum atomic E-state index is 0.247. The summed E-state index contributed by atoms with van der Waals surface area (Å²) in [5, 5.41) is 14.1. The Balaban J connectivity index is 1.36. The van der Waals surface area contributed by atoms with Crippen LogP contribution in [0.2, 0.25) is 0 Å². The van der Waals surface area contributed by atoms with Crippen LogP contribution in [0.4, 0.5) is 11.6 Å². The van der Waals surface area contributed by atoms with Gasteiger partial charge in [0, 0.05) is 24.3 Å². The van der Waals surface area contributed by atoms with Crippen LogP contribution in [0.5, 0.6) is 0 Å². The van der Waals surface area contributed by atoms with E-state index in [9.17, 15) is 0 Å². The molecule has 1 N–H and O–H groups in total. The van der Waals surface area contributed by atoms with E-state index >= 15 is 0 Å². The Hall–Kier alpha value is -3.35. The summed E-state index contributed by atoms with van der Waals surface area (Å²) in [6.45, 7) is 3.97. The second-order valence-electron chi connectivity index (χ2n) is 7.30. The normalized spacial score (nSPS) is 16.7. The Bertz CT molecular complexity index is 1220. The molecule has 1 atom stereocenters. The molecule has 4 aromatic heterocycles. The van der Waals surface area contributed by atoms with Crippen LogP contribution in [-0.2, 0) is 6.54 Å². The number of anilines is 2. The zero-order chi connectivity index (χ0) is 20.5. The fraction of sp³-hybridized carbons (Fsp3) is 0.286. The van der Waals surface area contributed by atoms with Crippen LogP contribution in [-0.4, -0.2) is 35.8 Å². The standard InChI is InChI=1S/C21H20N8S/c1-14-19(29-9-10-30-21(29)25-14)13-28-8-2-3-18(28)17-6-7-23-20(27-17)26-16-5-4-15(11-22)24-12-16/h4-7,9-10,12,18H,2-3,8,13H2,1H3,(H,23,26,27)/t18-/m0/s1. The van der Waals surface area contributed by atoms with Gasteiger partial charge in [0.15, 0.2) is 4.96 Å². The van der Waals surface area contributed by atoms with E-state index in [2.05, 4.69) is 48.1 Å². The van der Waals surface area contributed by atoms with Crippen LogP contribution in [0.25, 0.3) is 4.96 Å². The van der Waals surface area contributed by atoms with Gasteiger partial charge in [0.2, 0.25) is 5.95 Å². The molecule has 0 saturated carbocycles. The number of pyridine rings is 1. The Morgan fingerprint density at radius 3 is 3.03 bits per heavy atom. The van der Waals surface area contributed by atoms with Gasteiger partial charge in [-0.2, -0.15) is 5.26 Å². The number of aromatic nitrogens is 5. The predicted molar refractivity (Wildman–Crippen MR) is 114 cm³/mol. The minimum absolute atomic E-state index is 0.247. The highest BCUT2D eigenvalue weighted by molar-refractivity contribution is 7.15. The van der Waals surface area contributed by atoms with Crippen molar-refractivity contribution in [2.75, 3.05) is 11.9 Å². The molecule has 5 rings (SSSR count). The Labute approximate surface area is 177 Å². The fourth-order valence-corrected chi connectivity index (χ4v) is 4.73. The van der Waals surface area contributed by atoms with Gasteiger partial charge < -0.3 is 5.32 Å². The molecule has 0 aliphatic carbocycles. The maximum absolute atomic E-state index is 8.89. The second kappa shape index (κ2) is 7.82. The summed E-state index contributed by atoms with van der Waals surface area (Å²) < 4.78 is 2.19. The zero-order valence-corrected chi connectivity index (χ0v) is 17.3. The van der Waals surface area contributed by atoms with Gasteiger partial charge in [-0.15, -0.1) is 11.3 Å². The third-order valence-electron chi connectivity index (χ3n) is 5.43. The summed E-state index contributed by atoms with van der Waals surface area (Å²) >= 11 is 1.66. The number of likely N-dealkylation sites (tertiary alicyclic amines) is 1. The van der Waals surface area contributed by atoms with Gasteiger partial charge in [0.1, 0.15) is 11.8 Å². The molecule has 8 nitrogen and oxygen atoms in total. The van der Waals surface area contributed by atoms with Crippen molar-refractivity contribution in [2.45, 2.75) is 32.4 Å². The van der Waals surface area contributed by atoms with E-state index in [4.69, 9.17) is 10.2 Å². The summed E-state index contributed by atoms with van der Waals surface area (Å²) in [5.74, 6) is 0.534. The number of hydrogen-bond acceptors (Lipinski definition) is 8. The van der Waals surface area contributed by atoms with Crippen molar-refractivity contribution in [1.82, 2.24) is 29.2 Å². The van der Waals surface area contributed by atoms with Crippen LogP contribution in [0.1, 0.15) is 41.7 Å². The number of thiazole rings is 1. The highest BCUT2D eigenvalue weighted by Crippen LogP contribution is 2.33. The van der Waals surface area contributed by atoms with E-state index in [0.717, 1.165) is 48.0 Å². The third-order valence-corrected chi connectivity index (χ3v) is 6.19. The highest BCUT2D eigenvalue weighted by Gasteiger charge is 2.29. The maximum atomic E-state index is 8.89. The average Bonchev–Trinajstić information content (AvgIpc) is 3.47. The average molecular weight is 417 g/mol. The van der Waals surface area contributed by atoms with Crippen molar-refractivity contribution in [3.8, 4) is 6.07 Å². The number of fused-ring (bicyclic) bond motifs is 1. The number of nitriles is 1. The first-order valence-corrected chi connectivity index (χ1v) is 10.7. The van der Waals surface area contributed by atoms with Gasteiger partial charge >= 0.3 is 0 Å². The summed E-state index contributed by atoms with van der Waals surface area (Å²) in [5.41, 5.74) is 4.48. The minimum Gasteiger partial charge on any atom is -0.323 e. The molecule has 4 aromatic rings. The zero-order valence-electron chi connectivity index (χ0n) is 16.5. The first-order chi connectivity index (χ1) is 14.7. The molecular formula is C21H20N8S. The van der Waals surface area contributed by atoms with Crippen LogP contribution >= 0.6 is 11.3 Å². The molecule has 0 aromatic carbocycles. The lowest BCUT2D eigenvalue weighted by Gasteiger charge is -2.24. The van der Waals surface area contributed by atoms with Gasteiger partial charge in [-0.05, 0) is 44.5 Å². The number of nitrogens with one attached hydrogen (secondary N) is 1. The summed E-state index contributed by atoms with van der Waals surface area (Å²) in [6.07, 6.45) is 7.71. The van der Waals surface area contributed by atoms with Gasteiger partial charge in [-0.3, -0.25) is 9.30 Å². The molecule has 1 fully saturated rings. The number of nitrogens with zero attached hydrogens (tertiary/aromatic N) is 7. The Kier molecular flexibility index (Phi) is 4.86. The predicted octanol–water partition coefficient (Wildman–Crippen LogP) is 3.84. The SMILES string of the molecule is Cc1nc2sccn2c1CN1CCC[C@H]1c1ccnc(Nc2ccc(C#N)nc2)n1. The summed E-state index contributed by atoms with van der Waals surface area (Å²) in [6, 6.07) is 7.73.